The van der Waals surface area contributed by atoms with Gasteiger partial charge in [-0.05, 0) is 30.7 Å². The van der Waals surface area contributed by atoms with Gasteiger partial charge in [-0.3, -0.25) is 0 Å². The van der Waals surface area contributed by atoms with Crippen LogP contribution in [0.1, 0.15) is 21.6 Å². The van der Waals surface area contributed by atoms with E-state index in [0.717, 1.165) is 11.6 Å². The van der Waals surface area contributed by atoms with Gasteiger partial charge in [0.15, 0.2) is 0 Å². The van der Waals surface area contributed by atoms with Gasteiger partial charge >= 0.3 is 5.97 Å². The standard InChI is InChI=1S/C14H9FN2O2/c1-9-2-5-13(17-8-9)14(18)19-11-4-3-10(7-16)12(15)6-11/h2-6,8H,1H3. The number of nitriles is 1. The van der Waals surface area contributed by atoms with E-state index in [2.05, 4.69) is 4.98 Å². The summed E-state index contributed by atoms with van der Waals surface area (Å²) in [5, 5.41) is 8.59. The summed E-state index contributed by atoms with van der Waals surface area (Å²) in [4.78, 5) is 15.6. The molecule has 0 saturated carbocycles. The summed E-state index contributed by atoms with van der Waals surface area (Å²) >= 11 is 0. The molecule has 94 valence electrons. The van der Waals surface area contributed by atoms with E-state index in [-0.39, 0.29) is 17.0 Å². The highest BCUT2D eigenvalue weighted by Gasteiger charge is 2.11. The number of ether oxygens (including phenoxy) is 1. The summed E-state index contributed by atoms with van der Waals surface area (Å²) in [6.45, 7) is 1.85. The van der Waals surface area contributed by atoms with Gasteiger partial charge in [0.1, 0.15) is 23.3 Å². The van der Waals surface area contributed by atoms with Crippen LogP contribution in [0.2, 0.25) is 0 Å². The van der Waals surface area contributed by atoms with E-state index in [9.17, 15) is 9.18 Å². The van der Waals surface area contributed by atoms with Crippen LogP contribution in [0.5, 0.6) is 5.75 Å². The predicted molar refractivity (Wildman–Crippen MR) is 65.0 cm³/mol. The normalized spacial score (nSPS) is 9.74. The molecule has 1 heterocycles. The minimum atomic E-state index is -0.732. The van der Waals surface area contributed by atoms with Crippen molar-refractivity contribution in [1.29, 1.82) is 5.26 Å². The number of benzene rings is 1. The molecule has 0 aliphatic heterocycles. The first-order chi connectivity index (χ1) is 9.10. The monoisotopic (exact) mass is 256 g/mol. The number of nitrogens with zero attached hydrogens (tertiary/aromatic N) is 2. The van der Waals surface area contributed by atoms with E-state index in [1.165, 1.54) is 24.4 Å². The lowest BCUT2D eigenvalue weighted by atomic mass is 10.2. The van der Waals surface area contributed by atoms with Gasteiger partial charge in [-0.2, -0.15) is 5.26 Å². The Kier molecular flexibility index (Phi) is 3.53. The number of hydrogen-bond acceptors (Lipinski definition) is 4. The van der Waals surface area contributed by atoms with E-state index in [1.807, 2.05) is 6.92 Å². The fourth-order valence-electron chi connectivity index (χ4n) is 1.40. The molecule has 19 heavy (non-hydrogen) atoms. The zero-order valence-electron chi connectivity index (χ0n) is 10.1. The van der Waals surface area contributed by atoms with Crippen LogP contribution in [-0.2, 0) is 0 Å². The van der Waals surface area contributed by atoms with Crippen molar-refractivity contribution in [2.24, 2.45) is 0 Å². The second kappa shape index (κ2) is 5.27. The number of esters is 1. The predicted octanol–water partition coefficient (Wildman–Crippen LogP) is 2.62. The molecule has 0 aliphatic carbocycles. The zero-order chi connectivity index (χ0) is 13.8. The van der Waals surface area contributed by atoms with Crippen molar-refractivity contribution in [3.05, 3.63) is 59.2 Å². The Morgan fingerprint density at radius 1 is 1.37 bits per heavy atom. The molecule has 5 heteroatoms. The zero-order valence-corrected chi connectivity index (χ0v) is 10.1. The number of hydrogen-bond donors (Lipinski definition) is 0. The van der Waals surface area contributed by atoms with E-state index < -0.39 is 11.8 Å². The van der Waals surface area contributed by atoms with Gasteiger partial charge in [-0.15, -0.1) is 0 Å². The molecule has 0 radical (unpaired) electrons. The van der Waals surface area contributed by atoms with Gasteiger partial charge in [-0.25, -0.2) is 14.2 Å². The quantitative estimate of drug-likeness (QED) is 0.612. The van der Waals surface area contributed by atoms with Gasteiger partial charge < -0.3 is 4.74 Å². The van der Waals surface area contributed by atoms with Crippen molar-refractivity contribution in [3.63, 3.8) is 0 Å². The first-order valence-corrected chi connectivity index (χ1v) is 5.44. The maximum absolute atomic E-state index is 13.3. The Bertz CT molecular complexity index is 660. The molecule has 0 aliphatic rings. The van der Waals surface area contributed by atoms with Crippen molar-refractivity contribution in [1.82, 2.24) is 4.98 Å². The van der Waals surface area contributed by atoms with Gasteiger partial charge in [0, 0.05) is 12.3 Å². The number of aryl methyl sites for hydroxylation is 1. The average Bonchev–Trinajstić information content (AvgIpc) is 2.39. The van der Waals surface area contributed by atoms with Crippen LogP contribution in [0, 0.1) is 24.1 Å². The smallest absolute Gasteiger partial charge is 0.362 e. The molecule has 0 bridgehead atoms. The maximum atomic E-state index is 13.3. The summed E-state index contributed by atoms with van der Waals surface area (Å²) < 4.78 is 18.3. The second-order valence-corrected chi connectivity index (χ2v) is 3.86. The van der Waals surface area contributed by atoms with Gasteiger partial charge in [-0.1, -0.05) is 6.07 Å². The van der Waals surface area contributed by atoms with Crippen LogP contribution in [0.25, 0.3) is 0 Å². The van der Waals surface area contributed by atoms with E-state index in [4.69, 9.17) is 10.00 Å². The van der Waals surface area contributed by atoms with Gasteiger partial charge in [0.25, 0.3) is 0 Å². The van der Waals surface area contributed by atoms with Crippen molar-refractivity contribution in [2.75, 3.05) is 0 Å². The lowest BCUT2D eigenvalue weighted by Gasteiger charge is -2.04. The number of carbonyl (C=O) groups is 1. The van der Waals surface area contributed by atoms with Crippen LogP contribution in [0.3, 0.4) is 0 Å². The molecule has 0 atom stereocenters. The Morgan fingerprint density at radius 2 is 2.16 bits per heavy atom. The number of aromatic nitrogens is 1. The highest BCUT2D eigenvalue weighted by Crippen LogP contribution is 2.17. The van der Waals surface area contributed by atoms with Crippen LogP contribution in [-0.4, -0.2) is 11.0 Å². The highest BCUT2D eigenvalue weighted by atomic mass is 19.1. The molecule has 0 N–H and O–H groups in total. The summed E-state index contributed by atoms with van der Waals surface area (Å²) in [5.74, 6) is -1.38. The Balaban J connectivity index is 2.17. The first-order valence-electron chi connectivity index (χ1n) is 5.44. The minimum Gasteiger partial charge on any atom is -0.422 e. The third kappa shape index (κ3) is 2.93. The van der Waals surface area contributed by atoms with Crippen molar-refractivity contribution >= 4 is 5.97 Å². The highest BCUT2D eigenvalue weighted by molar-refractivity contribution is 5.88. The first kappa shape index (κ1) is 12.7. The molecule has 2 rings (SSSR count). The molecule has 0 saturated heterocycles. The van der Waals surface area contributed by atoms with Crippen LogP contribution in [0.15, 0.2) is 36.5 Å². The molecule has 1 aromatic carbocycles. The Morgan fingerprint density at radius 3 is 2.74 bits per heavy atom. The maximum Gasteiger partial charge on any atom is 0.362 e. The average molecular weight is 256 g/mol. The van der Waals surface area contributed by atoms with E-state index >= 15 is 0 Å². The molecule has 0 fully saturated rings. The van der Waals surface area contributed by atoms with Crippen molar-refractivity contribution < 1.29 is 13.9 Å². The third-order valence-electron chi connectivity index (χ3n) is 2.39. The lowest BCUT2D eigenvalue weighted by Crippen LogP contribution is -2.10. The van der Waals surface area contributed by atoms with Crippen LogP contribution < -0.4 is 4.74 Å². The third-order valence-corrected chi connectivity index (χ3v) is 2.39. The Hall–Kier alpha value is -2.74. The molecule has 0 spiro atoms. The molecule has 0 unspecified atom stereocenters. The fourth-order valence-corrected chi connectivity index (χ4v) is 1.40. The molecule has 4 nitrogen and oxygen atoms in total. The molecular weight excluding hydrogens is 247 g/mol. The van der Waals surface area contributed by atoms with Crippen molar-refractivity contribution in [3.8, 4) is 11.8 Å². The number of pyridine rings is 1. The second-order valence-electron chi connectivity index (χ2n) is 3.86. The fraction of sp³-hybridized carbons (Fsp3) is 0.0714. The molecular formula is C14H9FN2O2. The molecule has 0 amide bonds. The summed E-state index contributed by atoms with van der Waals surface area (Å²) in [6.07, 6.45) is 1.54. The van der Waals surface area contributed by atoms with E-state index in [0.29, 0.717) is 0 Å². The molecule has 1 aromatic heterocycles. The lowest BCUT2D eigenvalue weighted by molar-refractivity contribution is 0.0728. The van der Waals surface area contributed by atoms with E-state index in [1.54, 1.807) is 12.1 Å². The Labute approximate surface area is 109 Å². The summed E-state index contributed by atoms with van der Waals surface area (Å²) in [7, 11) is 0. The van der Waals surface area contributed by atoms with Crippen molar-refractivity contribution in [2.45, 2.75) is 6.92 Å². The van der Waals surface area contributed by atoms with Crippen LogP contribution >= 0.6 is 0 Å². The topological polar surface area (TPSA) is 63.0 Å². The van der Waals surface area contributed by atoms with Crippen LogP contribution in [0.4, 0.5) is 4.39 Å². The number of carbonyl (C=O) groups excluding carboxylic acids is 1. The summed E-state index contributed by atoms with van der Waals surface area (Å²) in [5.41, 5.74) is 0.949. The minimum absolute atomic E-state index is 0.0314. The number of rotatable bonds is 2. The number of halogens is 1. The summed E-state index contributed by atoms with van der Waals surface area (Å²) in [6, 6.07) is 8.53. The van der Waals surface area contributed by atoms with Gasteiger partial charge in [0.05, 0.1) is 5.56 Å². The SMILES string of the molecule is Cc1ccc(C(=O)Oc2ccc(C#N)c(F)c2)nc1. The van der Waals surface area contributed by atoms with Gasteiger partial charge in [0.2, 0.25) is 0 Å². The largest absolute Gasteiger partial charge is 0.422 e. The molecule has 2 aromatic rings.